The molecule has 2 fully saturated rings. The van der Waals surface area contributed by atoms with Crippen molar-refractivity contribution in [1.29, 1.82) is 0 Å². The van der Waals surface area contributed by atoms with Crippen molar-refractivity contribution in [3.63, 3.8) is 0 Å². The fourth-order valence-corrected chi connectivity index (χ4v) is 6.17. The van der Waals surface area contributed by atoms with Crippen molar-refractivity contribution in [3.8, 4) is 11.4 Å². The molecule has 11 nitrogen and oxygen atoms in total. The van der Waals surface area contributed by atoms with Crippen LogP contribution in [0.15, 0.2) is 67.8 Å². The van der Waals surface area contributed by atoms with Gasteiger partial charge in [-0.05, 0) is 73.9 Å². The Hall–Kier alpha value is -4.61. The Balaban J connectivity index is 1.12. The molecule has 2 aliphatic rings. The first kappa shape index (κ1) is 27.6. The zero-order valence-corrected chi connectivity index (χ0v) is 23.3. The standard InChI is InChI=1S/C30H34FN9O2/c31-23-9-7-21(8-10-23)12-22-4-3-11-38(16-22)29(41)27-5-1-2-6-28(27)37-30(42)36-24-13-25(39-19-32-17-34-39)15-26(14-24)40-20-33-18-35-40/h7-10,13-15,17-20,22,27-28H,1-6,11-12,16H2,(H2,36,37,42)/t22-,27+,28+/m0/s1. The second-order valence-electron chi connectivity index (χ2n) is 11.1. The molecule has 1 aliphatic carbocycles. The molecule has 1 aliphatic heterocycles. The lowest BCUT2D eigenvalue weighted by Crippen LogP contribution is -2.52. The summed E-state index contributed by atoms with van der Waals surface area (Å²) in [5.41, 5.74) is 3.03. The molecule has 1 saturated heterocycles. The molecule has 2 aromatic heterocycles. The summed E-state index contributed by atoms with van der Waals surface area (Å²) in [5.74, 6) is -0.0488. The van der Waals surface area contributed by atoms with E-state index in [0.29, 0.717) is 29.5 Å². The van der Waals surface area contributed by atoms with Crippen LogP contribution in [0.5, 0.6) is 0 Å². The van der Waals surface area contributed by atoms with Gasteiger partial charge in [0.15, 0.2) is 0 Å². The van der Waals surface area contributed by atoms with Crippen molar-refractivity contribution in [2.24, 2.45) is 11.8 Å². The SMILES string of the molecule is O=C(Nc1cc(-n2cncn2)cc(-n2cncn2)c1)N[C@@H]1CCCC[C@H]1C(=O)N1CCC[C@@H](Cc2ccc(F)cc2)C1. The summed E-state index contributed by atoms with van der Waals surface area (Å²) in [7, 11) is 0. The maximum absolute atomic E-state index is 13.8. The number of nitrogens with one attached hydrogen (secondary N) is 2. The fraction of sp³-hybridized carbons (Fsp3) is 0.400. The maximum Gasteiger partial charge on any atom is 0.319 e. The minimum Gasteiger partial charge on any atom is -0.342 e. The third kappa shape index (κ3) is 6.48. The second kappa shape index (κ2) is 12.5. The molecule has 1 saturated carbocycles. The minimum atomic E-state index is -0.368. The molecule has 3 atom stereocenters. The number of anilines is 1. The Bertz CT molecular complexity index is 1440. The zero-order chi connectivity index (χ0) is 28.9. The number of hydrogen-bond donors (Lipinski definition) is 2. The highest BCUT2D eigenvalue weighted by molar-refractivity contribution is 5.91. The lowest BCUT2D eigenvalue weighted by atomic mass is 9.82. The molecular weight excluding hydrogens is 537 g/mol. The highest BCUT2D eigenvalue weighted by Crippen LogP contribution is 2.29. The molecule has 12 heteroatoms. The van der Waals surface area contributed by atoms with Gasteiger partial charge in [0.2, 0.25) is 5.91 Å². The summed E-state index contributed by atoms with van der Waals surface area (Å²) in [5, 5.41) is 14.5. The molecular formula is C30H34FN9O2. The van der Waals surface area contributed by atoms with Gasteiger partial charge >= 0.3 is 6.03 Å². The number of halogens is 1. The molecule has 0 bridgehead atoms. The van der Waals surface area contributed by atoms with Gasteiger partial charge in [0.25, 0.3) is 0 Å². The first-order valence-corrected chi connectivity index (χ1v) is 14.5. The summed E-state index contributed by atoms with van der Waals surface area (Å²) in [6.45, 7) is 1.42. The van der Waals surface area contributed by atoms with Crippen LogP contribution in [0.2, 0.25) is 0 Å². The Labute approximate surface area is 243 Å². The molecule has 218 valence electrons. The van der Waals surface area contributed by atoms with Crippen LogP contribution in [-0.2, 0) is 11.2 Å². The highest BCUT2D eigenvalue weighted by Gasteiger charge is 2.36. The van der Waals surface area contributed by atoms with Crippen molar-refractivity contribution < 1.29 is 14.0 Å². The number of rotatable bonds is 7. The van der Waals surface area contributed by atoms with Gasteiger partial charge in [0.1, 0.15) is 31.1 Å². The normalized spacial score (nSPS) is 20.7. The summed E-state index contributed by atoms with van der Waals surface area (Å²) in [4.78, 5) is 37.0. The lowest BCUT2D eigenvalue weighted by Gasteiger charge is -2.39. The number of carbonyl (C=O) groups is 2. The van der Waals surface area contributed by atoms with E-state index in [2.05, 4.69) is 30.8 Å². The Kier molecular flexibility index (Phi) is 8.20. The van der Waals surface area contributed by atoms with Crippen LogP contribution < -0.4 is 10.6 Å². The van der Waals surface area contributed by atoms with E-state index in [4.69, 9.17) is 0 Å². The Morgan fingerprint density at radius 2 is 1.57 bits per heavy atom. The summed E-state index contributed by atoms with van der Waals surface area (Å²) in [6, 6.07) is 11.5. The molecule has 6 rings (SSSR count). The van der Waals surface area contributed by atoms with Gasteiger partial charge in [0, 0.05) is 24.8 Å². The molecule has 0 spiro atoms. The second-order valence-corrected chi connectivity index (χ2v) is 11.1. The van der Waals surface area contributed by atoms with Crippen LogP contribution >= 0.6 is 0 Å². The van der Waals surface area contributed by atoms with Gasteiger partial charge < -0.3 is 15.5 Å². The summed E-state index contributed by atoms with van der Waals surface area (Å²) >= 11 is 0. The van der Waals surface area contributed by atoms with Crippen LogP contribution in [0.4, 0.5) is 14.9 Å². The Morgan fingerprint density at radius 1 is 0.881 bits per heavy atom. The number of piperidine rings is 1. The van der Waals surface area contributed by atoms with Gasteiger partial charge in [-0.1, -0.05) is 25.0 Å². The molecule has 0 unspecified atom stereocenters. The molecule has 2 N–H and O–H groups in total. The largest absolute Gasteiger partial charge is 0.342 e. The van der Waals surface area contributed by atoms with Gasteiger partial charge in [-0.3, -0.25) is 4.79 Å². The van der Waals surface area contributed by atoms with Gasteiger partial charge in [-0.2, -0.15) is 10.2 Å². The minimum absolute atomic E-state index is 0.116. The summed E-state index contributed by atoms with van der Waals surface area (Å²) in [6.07, 6.45) is 12.3. The molecule has 2 aromatic carbocycles. The first-order valence-electron chi connectivity index (χ1n) is 14.5. The summed E-state index contributed by atoms with van der Waals surface area (Å²) < 4.78 is 16.5. The predicted octanol–water partition coefficient (Wildman–Crippen LogP) is 4.15. The van der Waals surface area contributed by atoms with Crippen LogP contribution in [0.1, 0.15) is 44.1 Å². The van der Waals surface area contributed by atoms with E-state index in [9.17, 15) is 14.0 Å². The molecule has 42 heavy (non-hydrogen) atoms. The first-order chi connectivity index (χ1) is 20.5. The van der Waals surface area contributed by atoms with Crippen molar-refractivity contribution in [2.45, 2.75) is 51.0 Å². The topological polar surface area (TPSA) is 123 Å². The number of amides is 3. The number of carbonyl (C=O) groups excluding carboxylic acids is 2. The van der Waals surface area contributed by atoms with Gasteiger partial charge in [-0.15, -0.1) is 0 Å². The van der Waals surface area contributed by atoms with Crippen LogP contribution in [0, 0.1) is 17.7 Å². The van der Waals surface area contributed by atoms with Crippen molar-refractivity contribution in [2.75, 3.05) is 18.4 Å². The van der Waals surface area contributed by atoms with Gasteiger partial charge in [-0.25, -0.2) is 28.5 Å². The fourth-order valence-electron chi connectivity index (χ4n) is 6.17. The number of likely N-dealkylation sites (tertiary alicyclic amines) is 1. The van der Waals surface area contributed by atoms with E-state index in [0.717, 1.165) is 57.1 Å². The van der Waals surface area contributed by atoms with Gasteiger partial charge in [0.05, 0.1) is 17.3 Å². The molecule has 0 radical (unpaired) electrons. The van der Waals surface area contributed by atoms with Crippen molar-refractivity contribution >= 4 is 17.6 Å². The Morgan fingerprint density at radius 3 is 2.24 bits per heavy atom. The number of urea groups is 1. The predicted molar refractivity (Wildman–Crippen MR) is 154 cm³/mol. The third-order valence-electron chi connectivity index (χ3n) is 8.19. The molecule has 3 amide bonds. The number of hydrogen-bond acceptors (Lipinski definition) is 6. The lowest BCUT2D eigenvalue weighted by molar-refractivity contribution is -0.139. The molecule has 4 aromatic rings. The van der Waals surface area contributed by atoms with Crippen LogP contribution in [0.3, 0.4) is 0 Å². The zero-order valence-electron chi connectivity index (χ0n) is 23.3. The molecule has 3 heterocycles. The third-order valence-corrected chi connectivity index (χ3v) is 8.19. The quantitative estimate of drug-likeness (QED) is 0.344. The van der Waals surface area contributed by atoms with Crippen molar-refractivity contribution in [3.05, 3.63) is 79.2 Å². The smallest absolute Gasteiger partial charge is 0.319 e. The highest BCUT2D eigenvalue weighted by atomic mass is 19.1. The average molecular weight is 572 g/mol. The monoisotopic (exact) mass is 571 g/mol. The number of aromatic nitrogens is 6. The van der Waals surface area contributed by atoms with E-state index >= 15 is 0 Å². The van der Waals surface area contributed by atoms with E-state index < -0.39 is 0 Å². The van der Waals surface area contributed by atoms with E-state index in [-0.39, 0.29) is 29.7 Å². The van der Waals surface area contributed by atoms with Crippen LogP contribution in [-0.4, -0.2) is 65.5 Å². The van der Waals surface area contributed by atoms with E-state index in [1.54, 1.807) is 34.2 Å². The van der Waals surface area contributed by atoms with Crippen LogP contribution in [0.25, 0.3) is 11.4 Å². The average Bonchev–Trinajstić information content (AvgIpc) is 3.74. The number of benzene rings is 2. The van der Waals surface area contributed by atoms with E-state index in [1.807, 2.05) is 23.1 Å². The van der Waals surface area contributed by atoms with E-state index in [1.165, 1.54) is 24.8 Å². The number of nitrogens with zero attached hydrogens (tertiary/aromatic N) is 7. The van der Waals surface area contributed by atoms with Crippen molar-refractivity contribution in [1.82, 2.24) is 39.7 Å². The maximum atomic E-state index is 13.8.